The van der Waals surface area contributed by atoms with Gasteiger partial charge in [-0.1, -0.05) is 28.1 Å². The Kier molecular flexibility index (Phi) is 5.20. The number of carbonyl (C=O) groups excluding carboxylic acids is 1. The Hall–Kier alpha value is -1.33. The average molecular weight is 355 g/mol. The number of ether oxygens (including phenoxy) is 1. The number of thioether (sulfide) groups is 1. The predicted molar refractivity (Wildman–Crippen MR) is 82.1 cm³/mol. The summed E-state index contributed by atoms with van der Waals surface area (Å²) in [7, 11) is 0. The van der Waals surface area contributed by atoms with Crippen LogP contribution < -0.4 is 4.74 Å². The third-order valence-electron chi connectivity index (χ3n) is 2.66. The molecule has 0 spiro atoms. The molecule has 104 valence electrons. The van der Waals surface area contributed by atoms with Gasteiger partial charge in [0, 0.05) is 14.9 Å². The second-order valence-corrected chi connectivity index (χ2v) is 5.81. The van der Waals surface area contributed by atoms with E-state index in [-0.39, 0.29) is 18.1 Å². The Balaban J connectivity index is 2.00. The summed E-state index contributed by atoms with van der Waals surface area (Å²) >= 11 is 4.77. The molecule has 0 aliphatic rings. The van der Waals surface area contributed by atoms with Gasteiger partial charge in [0.2, 0.25) is 0 Å². The molecule has 0 unspecified atom stereocenters. The monoisotopic (exact) mass is 354 g/mol. The SMILES string of the molecule is CSc1ccc(C(=O)COc2ccc(Br)cc2F)cc1. The molecule has 0 aliphatic heterocycles. The van der Waals surface area contributed by atoms with Crippen LogP contribution in [0.2, 0.25) is 0 Å². The molecule has 0 aromatic heterocycles. The maximum absolute atomic E-state index is 13.5. The van der Waals surface area contributed by atoms with Crippen LogP contribution >= 0.6 is 27.7 Å². The third kappa shape index (κ3) is 3.84. The molecule has 0 heterocycles. The van der Waals surface area contributed by atoms with Crippen LogP contribution in [0.5, 0.6) is 5.75 Å². The lowest BCUT2D eigenvalue weighted by Gasteiger charge is -2.07. The van der Waals surface area contributed by atoms with Crippen molar-refractivity contribution in [3.05, 3.63) is 58.3 Å². The first-order valence-corrected chi connectivity index (χ1v) is 7.87. The minimum Gasteiger partial charge on any atom is -0.482 e. The second-order valence-electron chi connectivity index (χ2n) is 4.02. The number of hydrogen-bond acceptors (Lipinski definition) is 3. The molecule has 5 heteroatoms. The van der Waals surface area contributed by atoms with Crippen molar-refractivity contribution in [2.75, 3.05) is 12.9 Å². The van der Waals surface area contributed by atoms with E-state index in [4.69, 9.17) is 4.74 Å². The van der Waals surface area contributed by atoms with Crippen LogP contribution in [-0.2, 0) is 0 Å². The van der Waals surface area contributed by atoms with Gasteiger partial charge in [0.25, 0.3) is 0 Å². The van der Waals surface area contributed by atoms with E-state index < -0.39 is 5.82 Å². The summed E-state index contributed by atoms with van der Waals surface area (Å²) in [4.78, 5) is 13.0. The van der Waals surface area contributed by atoms with Crippen LogP contribution in [0.3, 0.4) is 0 Å². The number of ketones is 1. The Morgan fingerprint density at radius 2 is 1.95 bits per heavy atom. The molecule has 0 fully saturated rings. The van der Waals surface area contributed by atoms with E-state index in [0.717, 1.165) is 4.90 Å². The van der Waals surface area contributed by atoms with E-state index in [1.807, 2.05) is 18.4 Å². The summed E-state index contributed by atoms with van der Waals surface area (Å²) in [5, 5.41) is 0. The summed E-state index contributed by atoms with van der Waals surface area (Å²) in [5.74, 6) is -0.604. The molecule has 2 aromatic rings. The first kappa shape index (κ1) is 15.1. The Morgan fingerprint density at radius 1 is 1.25 bits per heavy atom. The van der Waals surface area contributed by atoms with Crippen LogP contribution in [-0.4, -0.2) is 18.6 Å². The number of carbonyl (C=O) groups is 1. The Bertz CT molecular complexity index is 614. The van der Waals surface area contributed by atoms with E-state index >= 15 is 0 Å². The Morgan fingerprint density at radius 3 is 2.55 bits per heavy atom. The maximum Gasteiger partial charge on any atom is 0.200 e. The summed E-state index contributed by atoms with van der Waals surface area (Å²) in [6.07, 6.45) is 1.97. The van der Waals surface area contributed by atoms with E-state index in [9.17, 15) is 9.18 Å². The van der Waals surface area contributed by atoms with Gasteiger partial charge in [-0.25, -0.2) is 4.39 Å². The van der Waals surface area contributed by atoms with Crippen molar-refractivity contribution in [2.24, 2.45) is 0 Å². The number of Topliss-reactive ketones (excluding diaryl/α,β-unsaturated/α-hetero) is 1. The molecule has 0 saturated carbocycles. The smallest absolute Gasteiger partial charge is 0.200 e. The highest BCUT2D eigenvalue weighted by atomic mass is 79.9. The van der Waals surface area contributed by atoms with Gasteiger partial charge in [-0.2, -0.15) is 0 Å². The molecule has 2 aromatic carbocycles. The van der Waals surface area contributed by atoms with Crippen molar-refractivity contribution < 1.29 is 13.9 Å². The average Bonchev–Trinajstić information content (AvgIpc) is 2.46. The van der Waals surface area contributed by atoms with Gasteiger partial charge in [0.1, 0.15) is 0 Å². The van der Waals surface area contributed by atoms with Gasteiger partial charge in [-0.05, 0) is 36.6 Å². The molecule has 0 N–H and O–H groups in total. The molecule has 0 radical (unpaired) electrons. The standard InChI is InChI=1S/C15H12BrFO2S/c1-20-12-5-2-10(3-6-12)14(18)9-19-15-7-4-11(16)8-13(15)17/h2-8H,9H2,1H3. The molecule has 0 aliphatic carbocycles. The molecule has 20 heavy (non-hydrogen) atoms. The van der Waals surface area contributed by atoms with Crippen molar-refractivity contribution in [2.45, 2.75) is 4.90 Å². The fourth-order valence-corrected chi connectivity index (χ4v) is 2.34. The van der Waals surface area contributed by atoms with Gasteiger partial charge >= 0.3 is 0 Å². The van der Waals surface area contributed by atoms with Crippen LogP contribution in [0, 0.1) is 5.82 Å². The van der Waals surface area contributed by atoms with Gasteiger partial charge < -0.3 is 4.74 Å². The molecular weight excluding hydrogens is 343 g/mol. The molecule has 0 bridgehead atoms. The van der Waals surface area contributed by atoms with Crippen molar-refractivity contribution in [1.29, 1.82) is 0 Å². The highest BCUT2D eigenvalue weighted by Crippen LogP contribution is 2.21. The largest absolute Gasteiger partial charge is 0.482 e. The topological polar surface area (TPSA) is 26.3 Å². The first-order chi connectivity index (χ1) is 9.60. The lowest BCUT2D eigenvalue weighted by Crippen LogP contribution is -2.12. The third-order valence-corrected chi connectivity index (χ3v) is 3.90. The Labute approximate surface area is 129 Å². The number of hydrogen-bond donors (Lipinski definition) is 0. The molecule has 0 atom stereocenters. The van der Waals surface area contributed by atoms with E-state index in [0.29, 0.717) is 10.0 Å². The van der Waals surface area contributed by atoms with Gasteiger partial charge in [0.05, 0.1) is 0 Å². The van der Waals surface area contributed by atoms with Gasteiger partial charge in [-0.15, -0.1) is 11.8 Å². The van der Waals surface area contributed by atoms with Crippen LogP contribution in [0.15, 0.2) is 51.8 Å². The minimum absolute atomic E-state index is 0.0716. The maximum atomic E-state index is 13.5. The predicted octanol–water partition coefficient (Wildman–Crippen LogP) is 4.57. The zero-order valence-electron chi connectivity index (χ0n) is 10.7. The van der Waals surface area contributed by atoms with Crippen molar-refractivity contribution in [3.8, 4) is 5.75 Å². The van der Waals surface area contributed by atoms with E-state index in [1.54, 1.807) is 30.0 Å². The zero-order chi connectivity index (χ0) is 14.5. The number of rotatable bonds is 5. The quantitative estimate of drug-likeness (QED) is 0.581. The van der Waals surface area contributed by atoms with Crippen molar-refractivity contribution >= 4 is 33.5 Å². The van der Waals surface area contributed by atoms with Crippen molar-refractivity contribution in [3.63, 3.8) is 0 Å². The summed E-state index contributed by atoms with van der Waals surface area (Å²) in [6.45, 7) is -0.183. The lowest BCUT2D eigenvalue weighted by atomic mass is 10.1. The van der Waals surface area contributed by atoms with E-state index in [2.05, 4.69) is 15.9 Å². The number of benzene rings is 2. The van der Waals surface area contributed by atoms with Crippen LogP contribution in [0.4, 0.5) is 4.39 Å². The summed E-state index contributed by atoms with van der Waals surface area (Å²) in [5.41, 5.74) is 0.556. The number of halogens is 2. The first-order valence-electron chi connectivity index (χ1n) is 5.85. The van der Waals surface area contributed by atoms with Crippen LogP contribution in [0.1, 0.15) is 10.4 Å². The fourth-order valence-electron chi connectivity index (χ4n) is 1.60. The van der Waals surface area contributed by atoms with Gasteiger partial charge in [0.15, 0.2) is 24.0 Å². The molecule has 0 saturated heterocycles. The lowest BCUT2D eigenvalue weighted by molar-refractivity contribution is 0.0918. The van der Waals surface area contributed by atoms with Gasteiger partial charge in [-0.3, -0.25) is 4.79 Å². The van der Waals surface area contributed by atoms with E-state index in [1.165, 1.54) is 12.1 Å². The minimum atomic E-state index is -0.495. The normalized spacial score (nSPS) is 10.3. The molecule has 2 nitrogen and oxygen atoms in total. The molecule has 2 rings (SSSR count). The molecule has 0 amide bonds. The second kappa shape index (κ2) is 6.90. The van der Waals surface area contributed by atoms with Crippen LogP contribution in [0.25, 0.3) is 0 Å². The van der Waals surface area contributed by atoms with Crippen molar-refractivity contribution in [1.82, 2.24) is 0 Å². The summed E-state index contributed by atoms with van der Waals surface area (Å²) in [6, 6.07) is 11.7. The summed E-state index contributed by atoms with van der Waals surface area (Å²) < 4.78 is 19.4. The molecular formula is C15H12BrFO2S. The highest BCUT2D eigenvalue weighted by Gasteiger charge is 2.09. The zero-order valence-corrected chi connectivity index (χ0v) is 13.1. The fraction of sp³-hybridized carbons (Fsp3) is 0.133. The highest BCUT2D eigenvalue weighted by molar-refractivity contribution is 9.10.